The lowest BCUT2D eigenvalue weighted by molar-refractivity contribution is -0.145. The molecule has 1 amide bonds. The molecule has 1 N–H and O–H groups in total. The number of carbonyl (C=O) groups excluding carboxylic acids is 2. The van der Waals surface area contributed by atoms with Gasteiger partial charge in [-0.15, -0.1) is 0 Å². The van der Waals surface area contributed by atoms with Crippen LogP contribution in [-0.4, -0.2) is 11.9 Å². The number of benzene rings is 2. The molecule has 0 heterocycles. The van der Waals surface area contributed by atoms with Gasteiger partial charge in [-0.05, 0) is 11.6 Å². The van der Waals surface area contributed by atoms with Gasteiger partial charge in [-0.1, -0.05) is 48.5 Å². The van der Waals surface area contributed by atoms with Crippen molar-refractivity contribution >= 4 is 11.9 Å². The van der Waals surface area contributed by atoms with Crippen LogP contribution in [0.3, 0.4) is 0 Å². The molecule has 5 heteroatoms. The second-order valence-electron chi connectivity index (χ2n) is 5.30. The van der Waals surface area contributed by atoms with Crippen molar-refractivity contribution in [2.24, 2.45) is 0 Å². The Morgan fingerprint density at radius 1 is 1.12 bits per heavy atom. The maximum absolute atomic E-state index is 12.1. The zero-order valence-electron chi connectivity index (χ0n) is 13.4. The summed E-state index contributed by atoms with van der Waals surface area (Å²) in [5.41, 5.74) is 1.97. The average Bonchev–Trinajstić information content (AvgIpc) is 2.60. The fraction of sp³-hybridized carbons (Fsp3) is 0.211. The maximum Gasteiger partial charge on any atom is 0.308 e. The molecule has 5 nitrogen and oxygen atoms in total. The minimum Gasteiger partial charge on any atom is -0.461 e. The standard InChI is InChI=1S/C19H18N2O3/c1-14(22)21-18(15-7-3-2-4-8-15)11-19(23)24-13-17-10-6-5-9-16(17)12-20/h2-10,18H,11,13H2,1H3,(H,21,22)/t18-/m0/s1. The highest BCUT2D eigenvalue weighted by molar-refractivity contribution is 5.76. The average molecular weight is 322 g/mol. The number of hydrogen-bond acceptors (Lipinski definition) is 4. The highest BCUT2D eigenvalue weighted by Crippen LogP contribution is 2.18. The van der Waals surface area contributed by atoms with Crippen molar-refractivity contribution in [3.05, 3.63) is 71.3 Å². The molecular formula is C19H18N2O3. The molecule has 1 atom stereocenters. The Kier molecular flexibility index (Phi) is 6.09. The lowest BCUT2D eigenvalue weighted by Crippen LogP contribution is -2.28. The molecule has 0 bridgehead atoms. The van der Waals surface area contributed by atoms with Crippen molar-refractivity contribution in [2.45, 2.75) is 26.0 Å². The second-order valence-corrected chi connectivity index (χ2v) is 5.30. The lowest BCUT2D eigenvalue weighted by atomic mass is 10.0. The van der Waals surface area contributed by atoms with Gasteiger partial charge in [0.05, 0.1) is 24.1 Å². The molecule has 0 aliphatic heterocycles. The van der Waals surface area contributed by atoms with E-state index in [1.54, 1.807) is 24.3 Å². The summed E-state index contributed by atoms with van der Waals surface area (Å²) in [6, 6.07) is 17.8. The highest BCUT2D eigenvalue weighted by atomic mass is 16.5. The van der Waals surface area contributed by atoms with Crippen LogP contribution in [-0.2, 0) is 20.9 Å². The minimum atomic E-state index is -0.442. The third-order valence-electron chi connectivity index (χ3n) is 3.48. The summed E-state index contributed by atoms with van der Waals surface area (Å²) >= 11 is 0. The van der Waals surface area contributed by atoms with Crippen molar-refractivity contribution in [2.75, 3.05) is 0 Å². The Morgan fingerprint density at radius 3 is 2.46 bits per heavy atom. The monoisotopic (exact) mass is 322 g/mol. The zero-order valence-corrected chi connectivity index (χ0v) is 13.4. The number of esters is 1. The Balaban J connectivity index is 2.00. The smallest absolute Gasteiger partial charge is 0.308 e. The summed E-state index contributed by atoms with van der Waals surface area (Å²) in [6.07, 6.45) is 0.0261. The lowest BCUT2D eigenvalue weighted by Gasteiger charge is -2.17. The van der Waals surface area contributed by atoms with Crippen LogP contribution in [0.25, 0.3) is 0 Å². The van der Waals surface area contributed by atoms with Crippen LogP contribution in [0.15, 0.2) is 54.6 Å². The number of amides is 1. The zero-order chi connectivity index (χ0) is 17.4. The van der Waals surface area contributed by atoms with E-state index in [0.29, 0.717) is 11.1 Å². The fourth-order valence-electron chi connectivity index (χ4n) is 2.32. The van der Waals surface area contributed by atoms with Gasteiger partial charge >= 0.3 is 5.97 Å². The number of hydrogen-bond donors (Lipinski definition) is 1. The van der Waals surface area contributed by atoms with E-state index in [9.17, 15) is 9.59 Å². The van der Waals surface area contributed by atoms with Crippen LogP contribution in [0.5, 0.6) is 0 Å². The van der Waals surface area contributed by atoms with Crippen LogP contribution < -0.4 is 5.32 Å². The van der Waals surface area contributed by atoms with Gasteiger partial charge < -0.3 is 10.1 Å². The van der Waals surface area contributed by atoms with Crippen molar-refractivity contribution < 1.29 is 14.3 Å². The van der Waals surface area contributed by atoms with E-state index in [-0.39, 0.29) is 18.9 Å². The van der Waals surface area contributed by atoms with Gasteiger partial charge in [0.1, 0.15) is 6.61 Å². The van der Waals surface area contributed by atoms with Crippen molar-refractivity contribution in [1.29, 1.82) is 5.26 Å². The summed E-state index contributed by atoms with van der Waals surface area (Å²) in [4.78, 5) is 23.5. The van der Waals surface area contributed by atoms with Gasteiger partial charge in [-0.2, -0.15) is 5.26 Å². The van der Waals surface area contributed by atoms with E-state index in [4.69, 9.17) is 10.00 Å². The van der Waals surface area contributed by atoms with Gasteiger partial charge in [0.15, 0.2) is 0 Å². The maximum atomic E-state index is 12.1. The quantitative estimate of drug-likeness (QED) is 0.829. The van der Waals surface area contributed by atoms with E-state index in [1.165, 1.54) is 6.92 Å². The van der Waals surface area contributed by atoms with E-state index < -0.39 is 12.0 Å². The Bertz CT molecular complexity index is 751. The fourth-order valence-corrected chi connectivity index (χ4v) is 2.32. The Labute approximate surface area is 140 Å². The van der Waals surface area contributed by atoms with Crippen LogP contribution >= 0.6 is 0 Å². The molecule has 24 heavy (non-hydrogen) atoms. The SMILES string of the molecule is CC(=O)N[C@@H](CC(=O)OCc1ccccc1C#N)c1ccccc1. The molecule has 0 radical (unpaired) electrons. The van der Waals surface area contributed by atoms with E-state index in [0.717, 1.165) is 5.56 Å². The second kappa shape index (κ2) is 8.49. The van der Waals surface area contributed by atoms with Gasteiger partial charge in [0.2, 0.25) is 5.91 Å². The van der Waals surface area contributed by atoms with Gasteiger partial charge in [0, 0.05) is 12.5 Å². The molecule has 0 spiro atoms. The molecule has 2 aromatic carbocycles. The first-order valence-electron chi connectivity index (χ1n) is 7.56. The first-order valence-corrected chi connectivity index (χ1v) is 7.56. The summed E-state index contributed by atoms with van der Waals surface area (Å²) in [7, 11) is 0. The van der Waals surface area contributed by atoms with E-state index in [1.807, 2.05) is 30.3 Å². The first-order chi connectivity index (χ1) is 11.6. The van der Waals surface area contributed by atoms with E-state index in [2.05, 4.69) is 11.4 Å². The molecular weight excluding hydrogens is 304 g/mol. The molecule has 2 aromatic rings. The van der Waals surface area contributed by atoms with Crippen molar-refractivity contribution in [3.63, 3.8) is 0 Å². The molecule has 0 saturated carbocycles. The highest BCUT2D eigenvalue weighted by Gasteiger charge is 2.18. The summed E-state index contributed by atoms with van der Waals surface area (Å²) < 4.78 is 5.26. The van der Waals surface area contributed by atoms with Crippen LogP contribution in [0.4, 0.5) is 0 Å². The van der Waals surface area contributed by atoms with Crippen LogP contribution in [0.1, 0.15) is 36.1 Å². The molecule has 0 aromatic heterocycles. The molecule has 0 unspecified atom stereocenters. The van der Waals surface area contributed by atoms with Gasteiger partial charge in [0.25, 0.3) is 0 Å². The normalized spacial score (nSPS) is 11.2. The number of nitriles is 1. The summed E-state index contributed by atoms with van der Waals surface area (Å²) in [5.74, 6) is -0.656. The topological polar surface area (TPSA) is 79.2 Å². The van der Waals surface area contributed by atoms with Gasteiger partial charge in [-0.25, -0.2) is 0 Å². The van der Waals surface area contributed by atoms with Crippen LogP contribution in [0, 0.1) is 11.3 Å². The Morgan fingerprint density at radius 2 is 1.79 bits per heavy atom. The molecule has 0 aliphatic carbocycles. The first kappa shape index (κ1) is 17.2. The van der Waals surface area contributed by atoms with E-state index >= 15 is 0 Å². The summed E-state index contributed by atoms with van der Waals surface area (Å²) in [6.45, 7) is 1.44. The third kappa shape index (κ3) is 4.96. The summed E-state index contributed by atoms with van der Waals surface area (Å²) in [5, 5.41) is 11.8. The number of nitrogens with one attached hydrogen (secondary N) is 1. The molecule has 0 fully saturated rings. The number of carbonyl (C=O) groups is 2. The molecule has 0 saturated heterocycles. The molecule has 2 rings (SSSR count). The largest absolute Gasteiger partial charge is 0.461 e. The minimum absolute atomic E-state index is 0.0261. The number of nitrogens with zero attached hydrogens (tertiary/aromatic N) is 1. The van der Waals surface area contributed by atoms with Crippen molar-refractivity contribution in [3.8, 4) is 6.07 Å². The third-order valence-corrected chi connectivity index (χ3v) is 3.48. The van der Waals surface area contributed by atoms with Crippen LogP contribution in [0.2, 0.25) is 0 Å². The number of rotatable bonds is 6. The van der Waals surface area contributed by atoms with Gasteiger partial charge in [-0.3, -0.25) is 9.59 Å². The predicted molar refractivity (Wildman–Crippen MR) is 88.6 cm³/mol. The molecule has 122 valence electrons. The Hall–Kier alpha value is -3.13. The van der Waals surface area contributed by atoms with Crippen molar-refractivity contribution in [1.82, 2.24) is 5.32 Å². The molecule has 0 aliphatic rings. The number of ether oxygens (including phenoxy) is 1. The predicted octanol–water partition coefficient (Wildman–Crippen LogP) is 2.87.